The van der Waals surface area contributed by atoms with E-state index in [1.54, 1.807) is 12.2 Å². The molecule has 2 fully saturated rings. The van der Waals surface area contributed by atoms with Crippen LogP contribution in [0.1, 0.15) is 25.7 Å². The molecule has 0 saturated carbocycles. The Morgan fingerprint density at radius 2 is 1.28 bits per heavy atom. The van der Waals surface area contributed by atoms with Crippen LogP contribution in [0.4, 0.5) is 0 Å². The number of hydrogen-bond acceptors (Lipinski definition) is 6. The van der Waals surface area contributed by atoms with Gasteiger partial charge in [0.25, 0.3) is 0 Å². The summed E-state index contributed by atoms with van der Waals surface area (Å²) >= 11 is 0. The van der Waals surface area contributed by atoms with Crippen molar-refractivity contribution in [3.8, 4) is 0 Å². The van der Waals surface area contributed by atoms with E-state index >= 15 is 0 Å². The van der Waals surface area contributed by atoms with Gasteiger partial charge in [0.05, 0.1) is 12.1 Å². The Bertz CT molecular complexity index is 338. The van der Waals surface area contributed by atoms with E-state index in [2.05, 4.69) is 20.6 Å². The summed E-state index contributed by atoms with van der Waals surface area (Å²) < 4.78 is 0. The Labute approximate surface area is 106 Å². The first kappa shape index (κ1) is 13.1. The molecule has 4 atom stereocenters. The zero-order valence-electron chi connectivity index (χ0n) is 10.3. The van der Waals surface area contributed by atoms with Crippen molar-refractivity contribution in [2.75, 3.05) is 13.1 Å². The summed E-state index contributed by atoms with van der Waals surface area (Å²) in [5.74, 6) is 0. The summed E-state index contributed by atoms with van der Waals surface area (Å²) in [6.45, 7) is 1.72. The number of nitrogens with one attached hydrogen (secondary N) is 2. The zero-order valence-corrected chi connectivity index (χ0v) is 10.3. The minimum Gasteiger partial charge on any atom is -0.312 e. The lowest BCUT2D eigenvalue weighted by atomic mass is 9.88. The van der Waals surface area contributed by atoms with Crippen molar-refractivity contribution in [3.63, 3.8) is 0 Å². The molecule has 2 aliphatic heterocycles. The molecule has 2 rings (SSSR count). The Morgan fingerprint density at radius 3 is 1.67 bits per heavy atom. The summed E-state index contributed by atoms with van der Waals surface area (Å²) in [7, 11) is 0. The summed E-state index contributed by atoms with van der Waals surface area (Å²) in [5.41, 5.74) is 0. The molecule has 2 saturated heterocycles. The summed E-state index contributed by atoms with van der Waals surface area (Å²) in [5, 5.41) is 6.89. The predicted molar refractivity (Wildman–Crippen MR) is 65.9 cm³/mol. The van der Waals surface area contributed by atoms with Crippen LogP contribution in [0.5, 0.6) is 0 Å². The minimum absolute atomic E-state index is 0.0745. The number of carbonyl (C=O) groups excluding carboxylic acids is 2. The third-order valence-electron chi connectivity index (χ3n) is 3.78. The number of piperidine rings is 2. The fraction of sp³-hybridized carbons (Fsp3) is 0.833. The highest BCUT2D eigenvalue weighted by Gasteiger charge is 2.31. The lowest BCUT2D eigenvalue weighted by Gasteiger charge is -2.37. The molecule has 0 aromatic heterocycles. The molecule has 2 aliphatic rings. The van der Waals surface area contributed by atoms with Gasteiger partial charge in [-0.3, -0.25) is 0 Å². The second-order valence-electron chi connectivity index (χ2n) is 4.92. The molecular formula is C12H18N4O2. The number of nitrogens with zero attached hydrogens (tertiary/aromatic N) is 2. The first-order valence-corrected chi connectivity index (χ1v) is 6.44. The molecule has 0 aromatic rings. The number of hydrogen-bond donors (Lipinski definition) is 2. The Balaban J connectivity index is 1.93. The first-order valence-electron chi connectivity index (χ1n) is 6.44. The Kier molecular flexibility index (Phi) is 4.79. The fourth-order valence-corrected chi connectivity index (χ4v) is 2.86. The van der Waals surface area contributed by atoms with E-state index in [1.165, 1.54) is 0 Å². The molecule has 4 unspecified atom stereocenters. The lowest BCUT2D eigenvalue weighted by molar-refractivity contribution is 0.245. The highest BCUT2D eigenvalue weighted by atomic mass is 16.1. The second-order valence-corrected chi connectivity index (χ2v) is 4.92. The van der Waals surface area contributed by atoms with Crippen LogP contribution in [0.3, 0.4) is 0 Å². The van der Waals surface area contributed by atoms with Crippen LogP contribution in [0.2, 0.25) is 0 Å². The van der Waals surface area contributed by atoms with Crippen LogP contribution in [0, 0.1) is 0 Å². The normalized spacial score (nSPS) is 36.2. The van der Waals surface area contributed by atoms with Gasteiger partial charge < -0.3 is 10.6 Å². The number of isocyanates is 2. The van der Waals surface area contributed by atoms with Gasteiger partial charge in [0.2, 0.25) is 12.2 Å². The van der Waals surface area contributed by atoms with Crippen molar-refractivity contribution >= 4 is 12.2 Å². The topological polar surface area (TPSA) is 82.9 Å². The van der Waals surface area contributed by atoms with E-state index in [9.17, 15) is 9.59 Å². The molecule has 0 radical (unpaired) electrons. The Hall–Kier alpha value is -1.32. The van der Waals surface area contributed by atoms with Crippen LogP contribution in [0.15, 0.2) is 9.98 Å². The van der Waals surface area contributed by atoms with Crippen molar-refractivity contribution in [1.82, 2.24) is 10.6 Å². The van der Waals surface area contributed by atoms with Gasteiger partial charge >= 0.3 is 0 Å². The fourth-order valence-electron chi connectivity index (χ4n) is 2.86. The molecule has 0 bridgehead atoms. The van der Waals surface area contributed by atoms with Gasteiger partial charge in [-0.15, -0.1) is 0 Å². The van der Waals surface area contributed by atoms with Crippen LogP contribution >= 0.6 is 0 Å². The SMILES string of the molecule is O=C=NC1CCNC(C2CC(N=C=O)CCN2)C1. The standard InChI is InChI=1S/C12H18N4O2/c17-7-15-9-1-3-13-11(5-9)12-6-10(16-8-18)2-4-14-12/h9-14H,1-6H2. The van der Waals surface area contributed by atoms with E-state index in [0.717, 1.165) is 38.8 Å². The summed E-state index contributed by atoms with van der Waals surface area (Å²) in [4.78, 5) is 28.3. The quantitative estimate of drug-likeness (QED) is 0.541. The largest absolute Gasteiger partial charge is 0.312 e. The van der Waals surface area contributed by atoms with Gasteiger partial charge in [-0.1, -0.05) is 0 Å². The van der Waals surface area contributed by atoms with E-state index in [4.69, 9.17) is 0 Å². The minimum atomic E-state index is 0.0745. The van der Waals surface area contributed by atoms with Crippen molar-refractivity contribution in [1.29, 1.82) is 0 Å². The van der Waals surface area contributed by atoms with Gasteiger partial charge in [-0.05, 0) is 38.8 Å². The van der Waals surface area contributed by atoms with Gasteiger partial charge in [0.15, 0.2) is 0 Å². The predicted octanol–water partition coefficient (Wildman–Crippen LogP) is -0.101. The van der Waals surface area contributed by atoms with Crippen LogP contribution in [-0.4, -0.2) is 49.4 Å². The molecule has 0 aliphatic carbocycles. The molecule has 2 N–H and O–H groups in total. The molecule has 0 amide bonds. The van der Waals surface area contributed by atoms with Crippen molar-refractivity contribution < 1.29 is 9.59 Å². The molecule has 98 valence electrons. The van der Waals surface area contributed by atoms with E-state index in [1.807, 2.05) is 0 Å². The highest BCUT2D eigenvalue weighted by molar-refractivity contribution is 5.34. The third kappa shape index (κ3) is 3.34. The van der Waals surface area contributed by atoms with Gasteiger partial charge in [-0.2, -0.15) is 0 Å². The van der Waals surface area contributed by atoms with Crippen molar-refractivity contribution in [2.24, 2.45) is 9.98 Å². The zero-order chi connectivity index (χ0) is 12.8. The highest BCUT2D eigenvalue weighted by Crippen LogP contribution is 2.21. The Morgan fingerprint density at radius 1 is 0.833 bits per heavy atom. The average molecular weight is 250 g/mol. The monoisotopic (exact) mass is 250 g/mol. The van der Waals surface area contributed by atoms with Crippen molar-refractivity contribution in [2.45, 2.75) is 49.9 Å². The molecule has 2 heterocycles. The first-order chi connectivity index (χ1) is 8.83. The van der Waals surface area contributed by atoms with Gasteiger partial charge in [0, 0.05) is 12.1 Å². The van der Waals surface area contributed by atoms with Gasteiger partial charge in [0.1, 0.15) is 0 Å². The molecule has 6 heteroatoms. The smallest absolute Gasteiger partial charge is 0.235 e. The van der Waals surface area contributed by atoms with E-state index in [-0.39, 0.29) is 24.2 Å². The molecular weight excluding hydrogens is 232 g/mol. The molecule has 18 heavy (non-hydrogen) atoms. The molecule has 0 spiro atoms. The lowest BCUT2D eigenvalue weighted by Crippen LogP contribution is -2.55. The maximum absolute atomic E-state index is 10.3. The summed E-state index contributed by atoms with van der Waals surface area (Å²) in [6, 6.07) is 0.715. The van der Waals surface area contributed by atoms with Crippen LogP contribution in [-0.2, 0) is 9.59 Å². The van der Waals surface area contributed by atoms with Crippen LogP contribution < -0.4 is 10.6 Å². The number of rotatable bonds is 3. The molecule has 6 nitrogen and oxygen atoms in total. The van der Waals surface area contributed by atoms with Crippen LogP contribution in [0.25, 0.3) is 0 Å². The molecule has 0 aromatic carbocycles. The maximum Gasteiger partial charge on any atom is 0.235 e. The maximum atomic E-state index is 10.3. The average Bonchev–Trinajstić information content (AvgIpc) is 2.40. The van der Waals surface area contributed by atoms with Crippen molar-refractivity contribution in [3.05, 3.63) is 0 Å². The second kappa shape index (κ2) is 6.57. The number of aliphatic imine (C=N–C) groups is 2. The third-order valence-corrected chi connectivity index (χ3v) is 3.78. The summed E-state index contributed by atoms with van der Waals surface area (Å²) in [6.07, 6.45) is 6.74. The van der Waals surface area contributed by atoms with E-state index in [0.29, 0.717) is 0 Å². The van der Waals surface area contributed by atoms with E-state index < -0.39 is 0 Å². The van der Waals surface area contributed by atoms with Gasteiger partial charge in [-0.25, -0.2) is 19.6 Å².